The molecule has 2 N–H and O–H groups in total. The number of ether oxygens (including phenoxy) is 1. The molecule has 3 atom stereocenters. The zero-order valence-electron chi connectivity index (χ0n) is 20.3. The van der Waals surface area contributed by atoms with Crippen molar-refractivity contribution in [1.82, 2.24) is 5.01 Å². The Morgan fingerprint density at radius 3 is 2.45 bits per heavy atom. The van der Waals surface area contributed by atoms with E-state index in [0.29, 0.717) is 27.4 Å². The van der Waals surface area contributed by atoms with Crippen molar-refractivity contribution in [3.8, 4) is 11.5 Å². The van der Waals surface area contributed by atoms with Crippen molar-refractivity contribution in [2.24, 2.45) is 5.92 Å². The largest absolute Gasteiger partial charge is 0.503 e. The van der Waals surface area contributed by atoms with Gasteiger partial charge in [-0.3, -0.25) is 15.0 Å². The minimum atomic E-state index is -1.42. The molecule has 5 rings (SSSR count). The number of halogens is 3. The van der Waals surface area contributed by atoms with Gasteiger partial charge in [0.05, 0.1) is 29.2 Å². The van der Waals surface area contributed by atoms with E-state index >= 15 is 0 Å². The minimum Gasteiger partial charge on any atom is -0.503 e. The average molecular weight is 553 g/mol. The molecule has 2 aliphatic rings. The molecule has 0 spiro atoms. The van der Waals surface area contributed by atoms with E-state index in [1.165, 1.54) is 31.4 Å². The predicted octanol–water partition coefficient (Wildman–Crippen LogP) is 6.40. The molecular formula is C29H23Cl2FN2O4. The molecule has 38 heavy (non-hydrogen) atoms. The van der Waals surface area contributed by atoms with Gasteiger partial charge in [-0.25, -0.2) is 4.39 Å². The highest BCUT2D eigenvalue weighted by Crippen LogP contribution is 2.58. The van der Waals surface area contributed by atoms with Crippen molar-refractivity contribution >= 4 is 40.7 Å². The van der Waals surface area contributed by atoms with Gasteiger partial charge in [0, 0.05) is 10.9 Å². The highest BCUT2D eigenvalue weighted by atomic mass is 35.5. The Kier molecular flexibility index (Phi) is 6.67. The summed E-state index contributed by atoms with van der Waals surface area (Å²) in [7, 11) is 1.40. The zero-order chi connectivity index (χ0) is 27.2. The molecule has 0 bridgehead atoms. The van der Waals surface area contributed by atoms with E-state index in [1.807, 2.05) is 6.08 Å². The predicted molar refractivity (Wildman–Crippen MR) is 144 cm³/mol. The zero-order valence-corrected chi connectivity index (χ0v) is 21.8. The standard InChI is InChI=1S/C29H23Cl2FN2O4/c1-3-16-4-13-22-27(36)34(33-21-11-9-20(32)10-12-21)28(37)29(22,18-5-7-19(30)8-6-18)25(16)17-14-23(31)26(35)24(15-17)38-2/h3-12,14-15,22,25,33,35H,1,13H2,2H3/t22-,25+,29+/m0/s1. The van der Waals surface area contributed by atoms with Crippen LogP contribution in [0.1, 0.15) is 23.5 Å². The molecule has 194 valence electrons. The highest BCUT2D eigenvalue weighted by molar-refractivity contribution is 6.32. The number of phenolic OH excluding ortho intramolecular Hbond substituents is 1. The lowest BCUT2D eigenvalue weighted by atomic mass is 9.56. The third kappa shape index (κ3) is 3.94. The number of aromatic hydroxyl groups is 1. The van der Waals surface area contributed by atoms with Gasteiger partial charge in [-0.1, -0.05) is 54.1 Å². The van der Waals surface area contributed by atoms with E-state index in [-0.39, 0.29) is 22.9 Å². The molecule has 1 saturated heterocycles. The number of imide groups is 1. The van der Waals surface area contributed by atoms with Gasteiger partial charge in [0.1, 0.15) is 5.82 Å². The van der Waals surface area contributed by atoms with E-state index in [4.69, 9.17) is 27.9 Å². The maximum absolute atomic E-state index is 14.5. The number of fused-ring (bicyclic) bond motifs is 1. The van der Waals surface area contributed by atoms with Crippen LogP contribution in [0.15, 0.2) is 85.0 Å². The summed E-state index contributed by atoms with van der Waals surface area (Å²) in [4.78, 5) is 28.4. The van der Waals surface area contributed by atoms with E-state index in [9.17, 15) is 19.1 Å². The van der Waals surface area contributed by atoms with Gasteiger partial charge >= 0.3 is 0 Å². The molecule has 0 aromatic heterocycles. The third-order valence-electron chi connectivity index (χ3n) is 7.25. The minimum absolute atomic E-state index is 0.0363. The number of anilines is 1. The number of amides is 2. The molecule has 1 heterocycles. The first-order valence-electron chi connectivity index (χ1n) is 11.8. The number of carbonyl (C=O) groups is 2. The van der Waals surface area contributed by atoms with Gasteiger partial charge in [-0.15, -0.1) is 0 Å². The van der Waals surface area contributed by atoms with Gasteiger partial charge in [-0.05, 0) is 71.7 Å². The van der Waals surface area contributed by atoms with Crippen molar-refractivity contribution in [3.63, 3.8) is 0 Å². The fourth-order valence-corrected chi connectivity index (χ4v) is 5.92. The molecule has 0 radical (unpaired) electrons. The summed E-state index contributed by atoms with van der Waals surface area (Å²) in [6, 6.07) is 15.4. The van der Waals surface area contributed by atoms with Gasteiger partial charge in [0.15, 0.2) is 11.5 Å². The number of nitrogens with zero attached hydrogens (tertiary/aromatic N) is 1. The first-order chi connectivity index (χ1) is 18.2. The van der Waals surface area contributed by atoms with Crippen LogP contribution in [0.3, 0.4) is 0 Å². The van der Waals surface area contributed by atoms with E-state index in [0.717, 1.165) is 5.01 Å². The van der Waals surface area contributed by atoms with E-state index in [2.05, 4.69) is 12.0 Å². The summed E-state index contributed by atoms with van der Waals surface area (Å²) in [6.45, 7) is 3.97. The highest BCUT2D eigenvalue weighted by Gasteiger charge is 2.66. The second kappa shape index (κ2) is 9.82. The number of phenols is 1. The summed E-state index contributed by atoms with van der Waals surface area (Å²) in [5.41, 5.74) is 3.68. The lowest BCUT2D eigenvalue weighted by Crippen LogP contribution is -2.48. The molecule has 9 heteroatoms. The average Bonchev–Trinajstić information content (AvgIpc) is 3.13. The van der Waals surface area contributed by atoms with Crippen LogP contribution in [0.2, 0.25) is 10.0 Å². The van der Waals surface area contributed by atoms with Gasteiger partial charge in [-0.2, -0.15) is 5.01 Å². The molecule has 1 fully saturated rings. The van der Waals surface area contributed by atoms with Gasteiger partial charge in [0.2, 0.25) is 0 Å². The van der Waals surface area contributed by atoms with Gasteiger partial charge in [0.25, 0.3) is 11.8 Å². The maximum atomic E-state index is 14.5. The number of benzene rings is 3. The second-order valence-electron chi connectivity index (χ2n) is 9.16. The molecule has 1 aliphatic carbocycles. The summed E-state index contributed by atoms with van der Waals surface area (Å²) in [6.07, 6.45) is 3.81. The first kappa shape index (κ1) is 25.8. The Labute approximate surface area is 228 Å². The smallest absolute Gasteiger partial charge is 0.260 e. The number of methoxy groups -OCH3 is 1. The summed E-state index contributed by atoms with van der Waals surface area (Å²) in [5, 5.41) is 11.9. The van der Waals surface area contributed by atoms with Crippen molar-refractivity contribution in [2.75, 3.05) is 12.5 Å². The van der Waals surface area contributed by atoms with Crippen molar-refractivity contribution in [3.05, 3.63) is 112 Å². The normalized spacial score (nSPS) is 22.6. The van der Waals surface area contributed by atoms with Crippen molar-refractivity contribution < 1.29 is 23.8 Å². The Balaban J connectivity index is 1.76. The molecular weight excluding hydrogens is 530 g/mol. The summed E-state index contributed by atoms with van der Waals surface area (Å²) in [5.74, 6) is -3.00. The van der Waals surface area contributed by atoms with E-state index in [1.54, 1.807) is 42.5 Å². The van der Waals surface area contributed by atoms with Gasteiger partial charge < -0.3 is 9.84 Å². The molecule has 0 saturated carbocycles. The van der Waals surface area contributed by atoms with Crippen LogP contribution in [-0.4, -0.2) is 29.0 Å². The fourth-order valence-electron chi connectivity index (χ4n) is 5.58. The molecule has 6 nitrogen and oxygen atoms in total. The number of allylic oxidation sites excluding steroid dienone is 3. The monoisotopic (exact) mass is 552 g/mol. The lowest BCUT2D eigenvalue weighted by Gasteiger charge is -2.43. The number of hydrogen-bond acceptors (Lipinski definition) is 5. The van der Waals surface area contributed by atoms with Crippen LogP contribution in [0.25, 0.3) is 0 Å². The van der Waals surface area contributed by atoms with Crippen LogP contribution in [-0.2, 0) is 15.0 Å². The Morgan fingerprint density at radius 1 is 1.13 bits per heavy atom. The van der Waals surface area contributed by atoms with Crippen LogP contribution in [0.4, 0.5) is 10.1 Å². The Hall–Kier alpha value is -3.81. The quantitative estimate of drug-likeness (QED) is 0.346. The Morgan fingerprint density at radius 2 is 1.82 bits per heavy atom. The number of carbonyl (C=O) groups excluding carboxylic acids is 2. The fraction of sp³-hybridized carbons (Fsp3) is 0.172. The number of nitrogens with one attached hydrogen (secondary N) is 1. The van der Waals surface area contributed by atoms with Crippen LogP contribution >= 0.6 is 23.2 Å². The molecule has 2 amide bonds. The lowest BCUT2D eigenvalue weighted by molar-refractivity contribution is -0.138. The SMILES string of the molecule is C=CC1=CC[C@H]2C(=O)N(Nc3ccc(F)cc3)C(=O)[C@@]2(c2ccc(Cl)cc2)[C@H]1c1cc(Cl)c(O)c(OC)c1. The van der Waals surface area contributed by atoms with Crippen LogP contribution in [0.5, 0.6) is 11.5 Å². The summed E-state index contributed by atoms with van der Waals surface area (Å²) < 4.78 is 18.9. The number of hydrazine groups is 1. The number of rotatable bonds is 6. The first-order valence-corrected chi connectivity index (χ1v) is 12.5. The molecule has 3 aromatic rings. The summed E-state index contributed by atoms with van der Waals surface area (Å²) >= 11 is 12.6. The maximum Gasteiger partial charge on any atom is 0.260 e. The molecule has 0 unspecified atom stereocenters. The van der Waals surface area contributed by atoms with Crippen LogP contribution < -0.4 is 10.2 Å². The Bertz CT molecular complexity index is 1470. The van der Waals surface area contributed by atoms with Crippen LogP contribution in [0, 0.1) is 11.7 Å². The van der Waals surface area contributed by atoms with E-state index < -0.39 is 34.9 Å². The van der Waals surface area contributed by atoms with Crippen molar-refractivity contribution in [1.29, 1.82) is 0 Å². The molecule has 3 aromatic carbocycles. The number of hydrogen-bond donors (Lipinski definition) is 2. The third-order valence-corrected chi connectivity index (χ3v) is 7.79. The topological polar surface area (TPSA) is 78.9 Å². The molecule has 1 aliphatic heterocycles. The second-order valence-corrected chi connectivity index (χ2v) is 10.0. The van der Waals surface area contributed by atoms with Crippen molar-refractivity contribution in [2.45, 2.75) is 17.8 Å².